The van der Waals surface area contributed by atoms with Gasteiger partial charge < -0.3 is 16.0 Å². The summed E-state index contributed by atoms with van der Waals surface area (Å²) in [4.78, 5) is 18.1. The van der Waals surface area contributed by atoms with E-state index in [1.165, 1.54) is 0 Å². The molecule has 1 unspecified atom stereocenters. The molecule has 0 saturated carbocycles. The summed E-state index contributed by atoms with van der Waals surface area (Å²) in [5, 5.41) is 3.33. The Morgan fingerprint density at radius 3 is 2.26 bits per heavy atom. The molecule has 0 radical (unpaired) electrons. The fraction of sp³-hybridized carbons (Fsp3) is 0.857. The monoisotopic (exact) mass is 270 g/mol. The summed E-state index contributed by atoms with van der Waals surface area (Å²) < 4.78 is 0. The molecule has 0 bridgehead atoms. The average molecular weight is 270 g/mol. The van der Waals surface area contributed by atoms with E-state index in [2.05, 4.69) is 24.2 Å². The van der Waals surface area contributed by atoms with Gasteiger partial charge in [-0.25, -0.2) is 0 Å². The molecular weight excluding hydrogens is 240 g/mol. The minimum atomic E-state index is -0.0734. The van der Waals surface area contributed by atoms with Gasteiger partial charge in [0.1, 0.15) is 0 Å². The number of hydrogen-bond acceptors (Lipinski definition) is 3. The number of guanidine groups is 1. The summed E-state index contributed by atoms with van der Waals surface area (Å²) in [6.45, 7) is 8.66. The Labute approximate surface area is 117 Å². The second-order valence-corrected chi connectivity index (χ2v) is 5.71. The molecule has 0 heterocycles. The van der Waals surface area contributed by atoms with Gasteiger partial charge in [-0.05, 0) is 12.8 Å². The lowest BCUT2D eigenvalue weighted by Gasteiger charge is -2.21. The third-order valence-corrected chi connectivity index (χ3v) is 2.83. The zero-order valence-corrected chi connectivity index (χ0v) is 13.2. The van der Waals surface area contributed by atoms with Crippen LogP contribution in [-0.4, -0.2) is 49.4 Å². The Bertz CT molecular complexity index is 298. The highest BCUT2D eigenvalue weighted by molar-refractivity contribution is 5.85. The van der Waals surface area contributed by atoms with Crippen molar-refractivity contribution in [3.8, 4) is 0 Å². The second-order valence-electron chi connectivity index (χ2n) is 5.71. The first-order valence-corrected chi connectivity index (χ1v) is 7.02. The van der Waals surface area contributed by atoms with E-state index >= 15 is 0 Å². The quantitative estimate of drug-likeness (QED) is 0.395. The van der Waals surface area contributed by atoms with Crippen molar-refractivity contribution >= 4 is 11.7 Å². The van der Waals surface area contributed by atoms with Crippen LogP contribution >= 0.6 is 0 Å². The number of ketones is 1. The molecule has 0 aromatic carbocycles. The number of Topliss-reactive ketones (excluding diaryl/α,β-unsaturated/α-hetero) is 1. The lowest BCUT2D eigenvalue weighted by atomic mass is 9.97. The summed E-state index contributed by atoms with van der Waals surface area (Å²) in [6, 6.07) is 0.235. The number of nitrogens with two attached hydrogens (primary N) is 1. The van der Waals surface area contributed by atoms with Gasteiger partial charge in [0.25, 0.3) is 0 Å². The van der Waals surface area contributed by atoms with Crippen molar-refractivity contribution in [1.82, 2.24) is 10.2 Å². The van der Waals surface area contributed by atoms with E-state index in [4.69, 9.17) is 5.73 Å². The Morgan fingerprint density at radius 1 is 1.26 bits per heavy atom. The molecule has 112 valence electrons. The molecule has 0 aliphatic carbocycles. The Balaban J connectivity index is 4.28. The van der Waals surface area contributed by atoms with Crippen molar-refractivity contribution in [2.24, 2.45) is 16.6 Å². The summed E-state index contributed by atoms with van der Waals surface area (Å²) >= 11 is 0. The Kier molecular flexibility index (Phi) is 8.39. The average Bonchev–Trinajstić information content (AvgIpc) is 2.30. The van der Waals surface area contributed by atoms with Crippen LogP contribution in [-0.2, 0) is 4.79 Å². The third kappa shape index (κ3) is 7.82. The van der Waals surface area contributed by atoms with Crippen molar-refractivity contribution in [1.29, 1.82) is 0 Å². The maximum absolute atomic E-state index is 12.1. The van der Waals surface area contributed by atoms with Crippen LogP contribution in [0.3, 0.4) is 0 Å². The maximum atomic E-state index is 12.1. The van der Waals surface area contributed by atoms with Crippen molar-refractivity contribution in [3.05, 3.63) is 0 Å². The van der Waals surface area contributed by atoms with Gasteiger partial charge in [-0.2, -0.15) is 0 Å². The molecule has 19 heavy (non-hydrogen) atoms. The highest BCUT2D eigenvalue weighted by atomic mass is 16.1. The van der Waals surface area contributed by atoms with Gasteiger partial charge in [-0.3, -0.25) is 9.79 Å². The fourth-order valence-electron chi connectivity index (χ4n) is 1.74. The van der Waals surface area contributed by atoms with Gasteiger partial charge in [0, 0.05) is 32.6 Å². The maximum Gasteiger partial charge on any atom is 0.190 e. The van der Waals surface area contributed by atoms with E-state index in [-0.39, 0.29) is 17.7 Å². The smallest absolute Gasteiger partial charge is 0.190 e. The van der Waals surface area contributed by atoms with Crippen LogP contribution in [0, 0.1) is 5.92 Å². The molecule has 0 spiro atoms. The highest BCUT2D eigenvalue weighted by Gasteiger charge is 2.20. The number of carbonyl (C=O) groups excluding carboxylic acids is 1. The summed E-state index contributed by atoms with van der Waals surface area (Å²) in [6.07, 6.45) is 1.66. The summed E-state index contributed by atoms with van der Waals surface area (Å²) in [5.41, 5.74) is 5.72. The van der Waals surface area contributed by atoms with Crippen LogP contribution in [0.1, 0.15) is 40.5 Å². The van der Waals surface area contributed by atoms with Crippen molar-refractivity contribution < 1.29 is 4.79 Å². The zero-order valence-electron chi connectivity index (χ0n) is 13.2. The molecule has 0 aliphatic rings. The predicted octanol–water partition coefficient (Wildman–Crippen LogP) is 1.23. The molecule has 0 aromatic rings. The lowest BCUT2D eigenvalue weighted by molar-refractivity contribution is -0.124. The molecule has 0 rings (SSSR count). The number of aliphatic imine (C=N–C) groups is 1. The minimum absolute atomic E-state index is 0.0617. The van der Waals surface area contributed by atoms with E-state index in [0.29, 0.717) is 18.5 Å². The first-order chi connectivity index (χ1) is 8.75. The standard InChI is InChI=1S/C14H30N4O/c1-10(2)13(19)12(17-11(3)4)8-7-9-16-14(15)18(5)6/h10-12,17H,7-9H2,1-6H3,(H2,15,16). The van der Waals surface area contributed by atoms with E-state index in [9.17, 15) is 4.79 Å². The molecule has 0 aliphatic heterocycles. The molecule has 0 fully saturated rings. The normalized spacial score (nSPS) is 14.0. The van der Waals surface area contributed by atoms with Gasteiger partial charge >= 0.3 is 0 Å². The zero-order chi connectivity index (χ0) is 15.0. The van der Waals surface area contributed by atoms with Crippen molar-refractivity contribution in [2.75, 3.05) is 20.6 Å². The first-order valence-electron chi connectivity index (χ1n) is 7.02. The number of rotatable bonds is 8. The summed E-state index contributed by atoms with van der Waals surface area (Å²) in [7, 11) is 3.73. The number of hydrogen-bond donors (Lipinski definition) is 2. The van der Waals surface area contributed by atoms with E-state index in [1.54, 1.807) is 4.90 Å². The molecule has 0 amide bonds. The van der Waals surface area contributed by atoms with Crippen LogP contribution in [0.2, 0.25) is 0 Å². The largest absolute Gasteiger partial charge is 0.370 e. The van der Waals surface area contributed by atoms with Crippen LogP contribution in [0.25, 0.3) is 0 Å². The molecule has 0 aromatic heterocycles. The molecular formula is C14H30N4O. The minimum Gasteiger partial charge on any atom is -0.370 e. The number of nitrogens with zero attached hydrogens (tertiary/aromatic N) is 2. The lowest BCUT2D eigenvalue weighted by Crippen LogP contribution is -2.42. The van der Waals surface area contributed by atoms with Gasteiger partial charge in [0.15, 0.2) is 11.7 Å². The molecule has 0 saturated heterocycles. The molecule has 5 nitrogen and oxygen atoms in total. The van der Waals surface area contributed by atoms with Gasteiger partial charge in [0.2, 0.25) is 0 Å². The topological polar surface area (TPSA) is 70.7 Å². The van der Waals surface area contributed by atoms with E-state index in [0.717, 1.165) is 12.8 Å². The predicted molar refractivity (Wildman–Crippen MR) is 81.3 cm³/mol. The van der Waals surface area contributed by atoms with Crippen LogP contribution < -0.4 is 11.1 Å². The number of nitrogens with one attached hydrogen (secondary N) is 1. The SMILES string of the molecule is CC(C)NC(CCCN=C(N)N(C)C)C(=O)C(C)C. The van der Waals surface area contributed by atoms with Crippen molar-refractivity contribution in [3.63, 3.8) is 0 Å². The van der Waals surface area contributed by atoms with Crippen LogP contribution in [0.4, 0.5) is 0 Å². The summed E-state index contributed by atoms with van der Waals surface area (Å²) in [5.74, 6) is 0.869. The van der Waals surface area contributed by atoms with E-state index < -0.39 is 0 Å². The van der Waals surface area contributed by atoms with Gasteiger partial charge in [-0.15, -0.1) is 0 Å². The molecule has 3 N–H and O–H groups in total. The van der Waals surface area contributed by atoms with E-state index in [1.807, 2.05) is 27.9 Å². The van der Waals surface area contributed by atoms with Crippen LogP contribution in [0.15, 0.2) is 4.99 Å². The Morgan fingerprint density at radius 2 is 1.84 bits per heavy atom. The molecule has 1 atom stereocenters. The van der Waals surface area contributed by atoms with Crippen LogP contribution in [0.5, 0.6) is 0 Å². The number of carbonyl (C=O) groups is 1. The van der Waals surface area contributed by atoms with Gasteiger partial charge in [0.05, 0.1) is 6.04 Å². The van der Waals surface area contributed by atoms with Gasteiger partial charge in [-0.1, -0.05) is 27.7 Å². The first kappa shape index (κ1) is 17.9. The Hall–Kier alpha value is -1.10. The third-order valence-electron chi connectivity index (χ3n) is 2.83. The second kappa shape index (κ2) is 8.91. The van der Waals surface area contributed by atoms with Crippen molar-refractivity contribution in [2.45, 2.75) is 52.6 Å². The molecule has 5 heteroatoms. The highest BCUT2D eigenvalue weighted by Crippen LogP contribution is 2.07. The fourth-order valence-corrected chi connectivity index (χ4v) is 1.74.